The molecule has 0 spiro atoms. The zero-order valence-corrected chi connectivity index (χ0v) is 14.3. The van der Waals surface area contributed by atoms with Crippen LogP contribution in [0.2, 0.25) is 19.6 Å². The van der Waals surface area contributed by atoms with Gasteiger partial charge in [-0.15, -0.1) is 30.1 Å². The highest BCUT2D eigenvalue weighted by molar-refractivity contribution is 8.21. The molecule has 3 atom stereocenters. The molecule has 1 aliphatic carbocycles. The van der Waals surface area contributed by atoms with E-state index < -0.39 is 8.07 Å². The van der Waals surface area contributed by atoms with Gasteiger partial charge in [0, 0.05) is 5.92 Å². The van der Waals surface area contributed by atoms with Crippen LogP contribution in [0, 0.1) is 5.92 Å². The molecule has 0 unspecified atom stereocenters. The van der Waals surface area contributed by atoms with Crippen molar-refractivity contribution in [2.45, 2.75) is 54.3 Å². The van der Waals surface area contributed by atoms with E-state index in [1.165, 1.54) is 30.8 Å². The van der Waals surface area contributed by atoms with Crippen molar-refractivity contribution in [3.8, 4) is 0 Å². The normalized spacial score (nSPS) is 42.4. The summed E-state index contributed by atoms with van der Waals surface area (Å²) in [5.41, 5.74) is 0.0792. The molecule has 1 saturated carbocycles. The fourth-order valence-electron chi connectivity index (χ4n) is 3.77. The fourth-order valence-corrected chi connectivity index (χ4v) is 12.4. The molecule has 3 rings (SSSR count). The molecule has 102 valence electrons. The van der Waals surface area contributed by atoms with Crippen LogP contribution in [0.1, 0.15) is 19.3 Å². The van der Waals surface area contributed by atoms with E-state index in [0.29, 0.717) is 9.81 Å². The van der Waals surface area contributed by atoms with Gasteiger partial charge in [0.1, 0.15) is 5.60 Å². The van der Waals surface area contributed by atoms with Gasteiger partial charge in [0.15, 0.2) is 0 Å². The molecule has 2 heterocycles. The van der Waals surface area contributed by atoms with Gasteiger partial charge in [-0.25, -0.2) is 0 Å². The highest BCUT2D eigenvalue weighted by atomic mass is 32.2. The molecule has 2 aliphatic heterocycles. The minimum atomic E-state index is -1.22. The Bertz CT molecular complexity index is 359. The van der Waals surface area contributed by atoms with E-state index in [1.54, 1.807) is 0 Å². The van der Waals surface area contributed by atoms with Crippen molar-refractivity contribution < 1.29 is 4.74 Å². The average Bonchev–Trinajstić information content (AvgIpc) is 2.95. The van der Waals surface area contributed by atoms with Gasteiger partial charge in [0.05, 0.1) is 17.9 Å². The Labute approximate surface area is 121 Å². The summed E-state index contributed by atoms with van der Waals surface area (Å²) in [4.78, 5) is 0. The molecule has 0 aromatic heterocycles. The van der Waals surface area contributed by atoms with Crippen LogP contribution < -0.4 is 0 Å². The molecule has 0 N–H and O–H groups in total. The Morgan fingerprint density at radius 1 is 1.28 bits per heavy atom. The minimum absolute atomic E-state index is 0.0792. The van der Waals surface area contributed by atoms with Gasteiger partial charge < -0.3 is 4.74 Å². The van der Waals surface area contributed by atoms with E-state index in [-0.39, 0.29) is 5.60 Å². The summed E-state index contributed by atoms with van der Waals surface area (Å²) in [7, 11) is -1.22. The molecule has 4 heteroatoms. The van der Waals surface area contributed by atoms with Crippen LogP contribution in [-0.4, -0.2) is 35.0 Å². The molecular formula is C14H24OS2Si. The highest BCUT2D eigenvalue weighted by Gasteiger charge is 2.69. The molecule has 0 radical (unpaired) electrons. The lowest BCUT2D eigenvalue weighted by Crippen LogP contribution is -2.54. The summed E-state index contributed by atoms with van der Waals surface area (Å²) < 4.78 is 6.54. The van der Waals surface area contributed by atoms with Gasteiger partial charge in [-0.05, 0) is 30.8 Å². The van der Waals surface area contributed by atoms with Crippen LogP contribution in [0.5, 0.6) is 0 Å². The fraction of sp³-hybridized carbons (Fsp3) is 0.857. The molecule has 18 heavy (non-hydrogen) atoms. The van der Waals surface area contributed by atoms with Crippen molar-refractivity contribution in [3.63, 3.8) is 0 Å². The zero-order chi connectivity index (χ0) is 13.0. The van der Waals surface area contributed by atoms with Gasteiger partial charge >= 0.3 is 0 Å². The Morgan fingerprint density at radius 3 is 2.39 bits per heavy atom. The number of hydrogen-bond acceptors (Lipinski definition) is 3. The third-order valence-electron chi connectivity index (χ3n) is 4.78. The lowest BCUT2D eigenvalue weighted by Gasteiger charge is -2.49. The number of thioether (sulfide) groups is 2. The van der Waals surface area contributed by atoms with Crippen molar-refractivity contribution in [1.82, 2.24) is 0 Å². The SMILES string of the molecule is C=C[C@]12CC[C@@H](C3([Si](C)(C)C)SCCCS3)[C@H]1O2. The Morgan fingerprint density at radius 2 is 1.94 bits per heavy atom. The van der Waals surface area contributed by atoms with E-state index in [1.807, 2.05) is 0 Å². The van der Waals surface area contributed by atoms with E-state index in [4.69, 9.17) is 4.74 Å². The largest absolute Gasteiger partial charge is 0.361 e. The summed E-state index contributed by atoms with van der Waals surface area (Å²) in [5, 5.41) is 0. The molecule has 0 aromatic rings. The lowest BCUT2D eigenvalue weighted by atomic mass is 10.1. The first-order valence-corrected chi connectivity index (χ1v) is 12.5. The second kappa shape index (κ2) is 4.30. The molecule has 2 saturated heterocycles. The summed E-state index contributed by atoms with van der Waals surface area (Å²) in [5.74, 6) is 3.46. The van der Waals surface area contributed by atoms with Crippen LogP contribution in [-0.2, 0) is 4.74 Å². The maximum Gasteiger partial charge on any atom is 0.113 e. The smallest absolute Gasteiger partial charge is 0.113 e. The molecule has 0 bridgehead atoms. The maximum atomic E-state index is 6.05. The zero-order valence-electron chi connectivity index (χ0n) is 11.7. The van der Waals surface area contributed by atoms with E-state index in [2.05, 4.69) is 55.8 Å². The van der Waals surface area contributed by atoms with E-state index >= 15 is 0 Å². The number of ether oxygens (including phenoxy) is 1. The van der Waals surface area contributed by atoms with Gasteiger partial charge in [0.25, 0.3) is 0 Å². The predicted octanol–water partition coefficient (Wildman–Crippen LogP) is 4.16. The Kier molecular flexibility index (Phi) is 3.25. The van der Waals surface area contributed by atoms with Gasteiger partial charge in [-0.3, -0.25) is 0 Å². The van der Waals surface area contributed by atoms with Crippen molar-refractivity contribution in [1.29, 1.82) is 0 Å². The number of hydrogen-bond donors (Lipinski definition) is 0. The maximum absolute atomic E-state index is 6.05. The van der Waals surface area contributed by atoms with Crippen LogP contribution in [0.15, 0.2) is 12.7 Å². The average molecular weight is 301 g/mol. The molecule has 3 fully saturated rings. The van der Waals surface area contributed by atoms with E-state index in [9.17, 15) is 0 Å². The second-order valence-electron chi connectivity index (χ2n) is 6.81. The third-order valence-corrected chi connectivity index (χ3v) is 14.9. The summed E-state index contributed by atoms with van der Waals surface area (Å²) in [6.07, 6.45) is 6.50. The first-order chi connectivity index (χ1) is 8.45. The summed E-state index contributed by atoms with van der Waals surface area (Å²) in [6, 6.07) is 0. The molecule has 3 aliphatic rings. The number of epoxide rings is 1. The minimum Gasteiger partial charge on any atom is -0.361 e. The molecule has 0 aromatic carbocycles. The van der Waals surface area contributed by atoms with Gasteiger partial charge in [-0.2, -0.15) is 0 Å². The first-order valence-electron chi connectivity index (χ1n) is 7.04. The molecule has 1 nitrogen and oxygen atoms in total. The topological polar surface area (TPSA) is 12.5 Å². The van der Waals surface area contributed by atoms with Crippen molar-refractivity contribution >= 4 is 31.6 Å². The number of fused-ring (bicyclic) bond motifs is 1. The van der Waals surface area contributed by atoms with Crippen molar-refractivity contribution in [2.75, 3.05) is 11.5 Å². The summed E-state index contributed by atoms with van der Waals surface area (Å²) >= 11 is 4.53. The second-order valence-corrected chi connectivity index (χ2v) is 15.8. The Balaban J connectivity index is 1.89. The summed E-state index contributed by atoms with van der Waals surface area (Å²) in [6.45, 7) is 11.6. The van der Waals surface area contributed by atoms with Crippen LogP contribution >= 0.6 is 23.5 Å². The molecular weight excluding hydrogens is 276 g/mol. The van der Waals surface area contributed by atoms with E-state index in [0.717, 1.165) is 5.92 Å². The molecule has 0 amide bonds. The van der Waals surface area contributed by atoms with Crippen molar-refractivity contribution in [2.24, 2.45) is 5.92 Å². The highest BCUT2D eigenvalue weighted by Crippen LogP contribution is 2.65. The quantitative estimate of drug-likeness (QED) is 0.441. The predicted molar refractivity (Wildman–Crippen MR) is 86.1 cm³/mol. The van der Waals surface area contributed by atoms with Crippen LogP contribution in [0.4, 0.5) is 0 Å². The van der Waals surface area contributed by atoms with Crippen LogP contribution in [0.25, 0.3) is 0 Å². The number of rotatable bonds is 3. The monoisotopic (exact) mass is 300 g/mol. The lowest BCUT2D eigenvalue weighted by molar-refractivity contribution is 0.242. The Hall–Kier alpha value is 0.617. The first kappa shape index (κ1) is 13.6. The standard InChI is InChI=1S/C14H24OS2Si/c1-5-13-8-7-11(12(13)15-13)14(18(2,3)4)16-9-6-10-17-14/h5,11-12H,1,6-10H2,2-4H3/t11-,12-,13+/m1/s1. The third kappa shape index (κ3) is 1.79. The van der Waals surface area contributed by atoms with Crippen molar-refractivity contribution in [3.05, 3.63) is 12.7 Å². The van der Waals surface area contributed by atoms with Gasteiger partial charge in [-0.1, -0.05) is 25.7 Å². The van der Waals surface area contributed by atoms with Gasteiger partial charge in [0.2, 0.25) is 0 Å². The van der Waals surface area contributed by atoms with Crippen LogP contribution in [0.3, 0.4) is 0 Å².